The molecule has 0 atom stereocenters. The molecule has 0 saturated heterocycles. The van der Waals surface area contributed by atoms with Gasteiger partial charge in [0.25, 0.3) is 0 Å². The molecule has 0 aliphatic heterocycles. The predicted octanol–water partition coefficient (Wildman–Crippen LogP) is 16.7. The molecule has 1 aliphatic rings. The molecule has 0 bridgehead atoms. The Hall–Kier alpha value is -8.19. The molecule has 66 heavy (non-hydrogen) atoms. The maximum atomic E-state index is 6.59. The summed E-state index contributed by atoms with van der Waals surface area (Å²) in [4.78, 5) is 15.9. The van der Waals surface area contributed by atoms with Crippen molar-refractivity contribution < 1.29 is 8.83 Å². The van der Waals surface area contributed by atoms with E-state index in [1.54, 1.807) is 11.3 Å². The Bertz CT molecular complexity index is 4150. The molecule has 4 heterocycles. The lowest BCUT2D eigenvalue weighted by molar-refractivity contribution is 0.662. The molecule has 310 valence electrons. The summed E-state index contributed by atoms with van der Waals surface area (Å²) in [5, 5.41) is 6.36. The number of hydrogen-bond donors (Lipinski definition) is 0. The third-order valence-electron chi connectivity index (χ3n) is 13.8. The van der Waals surface area contributed by atoms with Crippen LogP contribution in [-0.2, 0) is 5.41 Å². The summed E-state index contributed by atoms with van der Waals surface area (Å²) in [6.45, 7) is 4.69. The van der Waals surface area contributed by atoms with Gasteiger partial charge in [-0.05, 0) is 99.1 Å². The Morgan fingerprint density at radius 2 is 0.894 bits per heavy atom. The summed E-state index contributed by atoms with van der Waals surface area (Å²) in [5.41, 5.74) is 15.9. The summed E-state index contributed by atoms with van der Waals surface area (Å²) in [5.74, 6) is 1.74. The van der Waals surface area contributed by atoms with Crippen molar-refractivity contribution in [1.29, 1.82) is 0 Å². The van der Waals surface area contributed by atoms with E-state index < -0.39 is 0 Å². The number of nitrogens with zero attached hydrogens (tertiary/aromatic N) is 3. The van der Waals surface area contributed by atoms with Crippen LogP contribution >= 0.6 is 11.3 Å². The zero-order chi connectivity index (χ0) is 43.7. The summed E-state index contributed by atoms with van der Waals surface area (Å²) in [6, 6.07) is 66.6. The molecule has 0 amide bonds. The van der Waals surface area contributed by atoms with Crippen LogP contribution in [0.3, 0.4) is 0 Å². The zero-order valence-electron chi connectivity index (χ0n) is 36.0. The van der Waals surface area contributed by atoms with Crippen molar-refractivity contribution in [3.8, 4) is 67.5 Å². The lowest BCUT2D eigenvalue weighted by Crippen LogP contribution is -2.16. The molecule has 4 aromatic heterocycles. The first kappa shape index (κ1) is 37.2. The zero-order valence-corrected chi connectivity index (χ0v) is 36.8. The molecule has 14 rings (SSSR count). The molecular formula is C60H37N3O2S. The number of para-hydroxylation sites is 1. The molecule has 6 heteroatoms. The molecule has 0 N–H and O–H groups in total. The van der Waals surface area contributed by atoms with E-state index in [0.29, 0.717) is 17.5 Å². The average Bonchev–Trinajstić information content (AvgIpc) is 4.11. The second-order valence-electron chi connectivity index (χ2n) is 17.9. The standard InChI is InChI=1S/C60H37N3O2S/c1-60(2)47-19-6-3-12-39(47)41-16-9-15-38(56(41)60)35-26-24-34(25-27-35)36-28-30-49-46(32-36)55-44(18-11-22-51(55)65-49)59-62-57(37-29-31-53-45(33-37)40-13-5-8-23-52(40)66-53)61-58(63-59)43-17-10-21-50-54(43)42-14-4-7-20-48(42)64-50/h3-33H,1-2H3. The molecule has 0 radical (unpaired) electrons. The monoisotopic (exact) mass is 863 g/mol. The summed E-state index contributed by atoms with van der Waals surface area (Å²) < 4.78 is 15.4. The maximum absolute atomic E-state index is 6.59. The molecule has 5 nitrogen and oxygen atoms in total. The maximum Gasteiger partial charge on any atom is 0.164 e. The minimum Gasteiger partial charge on any atom is -0.456 e. The van der Waals surface area contributed by atoms with Gasteiger partial charge in [0.15, 0.2) is 17.5 Å². The van der Waals surface area contributed by atoms with Crippen LogP contribution in [0.15, 0.2) is 197 Å². The van der Waals surface area contributed by atoms with Gasteiger partial charge in [-0.1, -0.05) is 147 Å². The minimum absolute atomic E-state index is 0.0974. The Labute approximate surface area is 383 Å². The van der Waals surface area contributed by atoms with Crippen LogP contribution in [0.5, 0.6) is 0 Å². The number of benzene rings is 9. The van der Waals surface area contributed by atoms with Crippen molar-refractivity contribution >= 4 is 75.4 Å². The summed E-state index contributed by atoms with van der Waals surface area (Å²) in [7, 11) is 0. The van der Waals surface area contributed by atoms with Crippen molar-refractivity contribution in [2.75, 3.05) is 0 Å². The summed E-state index contributed by atoms with van der Waals surface area (Å²) >= 11 is 1.80. The van der Waals surface area contributed by atoms with Crippen molar-refractivity contribution in [3.05, 3.63) is 199 Å². The number of rotatable bonds is 5. The van der Waals surface area contributed by atoms with E-state index in [2.05, 4.69) is 159 Å². The molecule has 0 fully saturated rings. The Balaban J connectivity index is 0.926. The third kappa shape index (κ3) is 5.49. The summed E-state index contributed by atoms with van der Waals surface area (Å²) in [6.07, 6.45) is 0. The number of hydrogen-bond acceptors (Lipinski definition) is 6. The molecule has 0 spiro atoms. The quantitative estimate of drug-likeness (QED) is 0.172. The highest BCUT2D eigenvalue weighted by Gasteiger charge is 2.37. The first-order valence-corrected chi connectivity index (χ1v) is 23.1. The van der Waals surface area contributed by atoms with Gasteiger partial charge in [-0.25, -0.2) is 15.0 Å². The van der Waals surface area contributed by atoms with Crippen LogP contribution in [0, 0.1) is 0 Å². The normalized spacial score (nSPS) is 13.1. The highest BCUT2D eigenvalue weighted by molar-refractivity contribution is 7.25. The molecule has 9 aromatic carbocycles. The molecule has 1 aliphatic carbocycles. The van der Waals surface area contributed by atoms with Crippen LogP contribution in [0.25, 0.3) is 132 Å². The fraction of sp³-hybridized carbons (Fsp3) is 0.0500. The van der Waals surface area contributed by atoms with Crippen LogP contribution in [0.2, 0.25) is 0 Å². The van der Waals surface area contributed by atoms with Crippen molar-refractivity contribution in [2.45, 2.75) is 19.3 Å². The average molecular weight is 864 g/mol. The van der Waals surface area contributed by atoms with Crippen LogP contribution in [-0.4, -0.2) is 15.0 Å². The first-order valence-electron chi connectivity index (χ1n) is 22.3. The van der Waals surface area contributed by atoms with E-state index in [4.69, 9.17) is 23.8 Å². The highest BCUT2D eigenvalue weighted by atomic mass is 32.1. The lowest BCUT2D eigenvalue weighted by Gasteiger charge is -2.24. The SMILES string of the molecule is CC1(C)c2ccccc2-c2cccc(-c3ccc(-c4ccc5oc6cccc(-c7nc(-c8ccc9sc%10ccccc%10c9c8)nc(-c8cccc9oc%10ccccc%10c89)n7)c6c5c4)cc3)c21. The van der Waals surface area contributed by atoms with E-state index in [1.165, 1.54) is 53.6 Å². The molecule has 0 unspecified atom stereocenters. The smallest absolute Gasteiger partial charge is 0.164 e. The van der Waals surface area contributed by atoms with E-state index in [9.17, 15) is 0 Å². The van der Waals surface area contributed by atoms with Gasteiger partial charge < -0.3 is 8.83 Å². The Kier molecular flexibility index (Phi) is 7.84. The fourth-order valence-electron chi connectivity index (χ4n) is 10.7. The molecule has 13 aromatic rings. The second kappa shape index (κ2) is 13.9. The second-order valence-corrected chi connectivity index (χ2v) is 18.9. The van der Waals surface area contributed by atoms with Gasteiger partial charge in [0.2, 0.25) is 0 Å². The Morgan fingerprint density at radius 3 is 1.70 bits per heavy atom. The Morgan fingerprint density at radius 1 is 0.364 bits per heavy atom. The van der Waals surface area contributed by atoms with Crippen LogP contribution < -0.4 is 0 Å². The van der Waals surface area contributed by atoms with Crippen molar-refractivity contribution in [1.82, 2.24) is 15.0 Å². The molecular weight excluding hydrogens is 827 g/mol. The van der Waals surface area contributed by atoms with Gasteiger partial charge in [-0.15, -0.1) is 11.3 Å². The molecule has 0 saturated carbocycles. The van der Waals surface area contributed by atoms with E-state index in [1.807, 2.05) is 42.5 Å². The van der Waals surface area contributed by atoms with E-state index >= 15 is 0 Å². The van der Waals surface area contributed by atoms with Crippen molar-refractivity contribution in [2.24, 2.45) is 0 Å². The van der Waals surface area contributed by atoms with Gasteiger partial charge in [-0.3, -0.25) is 0 Å². The number of aromatic nitrogens is 3. The predicted molar refractivity (Wildman–Crippen MR) is 272 cm³/mol. The topological polar surface area (TPSA) is 65.0 Å². The minimum atomic E-state index is -0.0974. The van der Waals surface area contributed by atoms with Gasteiger partial charge in [0.1, 0.15) is 22.3 Å². The number of thiophene rings is 1. The highest BCUT2D eigenvalue weighted by Crippen LogP contribution is 2.52. The van der Waals surface area contributed by atoms with E-state index in [-0.39, 0.29) is 5.41 Å². The van der Waals surface area contributed by atoms with Crippen LogP contribution in [0.4, 0.5) is 0 Å². The number of fused-ring (bicyclic) bond motifs is 12. The lowest BCUT2D eigenvalue weighted by atomic mass is 9.79. The van der Waals surface area contributed by atoms with Gasteiger partial charge >= 0.3 is 0 Å². The van der Waals surface area contributed by atoms with Gasteiger partial charge in [-0.2, -0.15) is 0 Å². The van der Waals surface area contributed by atoms with Crippen molar-refractivity contribution in [3.63, 3.8) is 0 Å². The third-order valence-corrected chi connectivity index (χ3v) is 14.9. The largest absolute Gasteiger partial charge is 0.456 e. The van der Waals surface area contributed by atoms with E-state index in [0.717, 1.165) is 71.7 Å². The van der Waals surface area contributed by atoms with Gasteiger partial charge in [0, 0.05) is 63.8 Å². The van der Waals surface area contributed by atoms with Gasteiger partial charge in [0.05, 0.1) is 0 Å². The fourth-order valence-corrected chi connectivity index (χ4v) is 11.8. The first-order chi connectivity index (χ1) is 32.4. The van der Waals surface area contributed by atoms with Crippen LogP contribution in [0.1, 0.15) is 25.0 Å². The number of furan rings is 2.